The summed E-state index contributed by atoms with van der Waals surface area (Å²) in [4.78, 5) is 2.29. The molecule has 1 aromatic rings. The second kappa shape index (κ2) is 5.61. The molecule has 18 heavy (non-hydrogen) atoms. The van der Waals surface area contributed by atoms with E-state index in [1.54, 1.807) is 0 Å². The quantitative estimate of drug-likeness (QED) is 0.380. The van der Waals surface area contributed by atoms with Crippen molar-refractivity contribution in [2.45, 2.75) is 19.8 Å². The molecule has 4 nitrogen and oxygen atoms in total. The van der Waals surface area contributed by atoms with E-state index >= 15 is 0 Å². The number of halogens is 1. The highest BCUT2D eigenvalue weighted by molar-refractivity contribution is 9.10. The zero-order valence-electron chi connectivity index (χ0n) is 10.4. The summed E-state index contributed by atoms with van der Waals surface area (Å²) in [5, 5.41) is 12.0. The lowest BCUT2D eigenvalue weighted by atomic mass is 10.1. The van der Waals surface area contributed by atoms with Crippen molar-refractivity contribution in [3.8, 4) is 0 Å². The van der Waals surface area contributed by atoms with Gasteiger partial charge in [0.25, 0.3) is 0 Å². The first-order chi connectivity index (χ1) is 8.67. The van der Waals surface area contributed by atoms with Crippen molar-refractivity contribution >= 4 is 27.5 Å². The minimum atomic E-state index is 0.145. The molecule has 0 radical (unpaired) electrons. The largest absolute Gasteiger partial charge is 0.409 e. The number of oxime groups is 1. The third kappa shape index (κ3) is 2.77. The van der Waals surface area contributed by atoms with Gasteiger partial charge in [0.2, 0.25) is 0 Å². The van der Waals surface area contributed by atoms with Gasteiger partial charge >= 0.3 is 0 Å². The first-order valence-electron chi connectivity index (χ1n) is 6.18. The third-order valence-corrected chi connectivity index (χ3v) is 3.91. The van der Waals surface area contributed by atoms with Crippen molar-refractivity contribution in [1.29, 1.82) is 0 Å². The van der Waals surface area contributed by atoms with Crippen LogP contribution in [0, 0.1) is 5.92 Å². The number of anilines is 1. The van der Waals surface area contributed by atoms with Crippen molar-refractivity contribution in [1.82, 2.24) is 0 Å². The Morgan fingerprint density at radius 1 is 1.56 bits per heavy atom. The summed E-state index contributed by atoms with van der Waals surface area (Å²) in [6.45, 7) is 4.08. The van der Waals surface area contributed by atoms with E-state index in [0.29, 0.717) is 0 Å². The minimum Gasteiger partial charge on any atom is -0.409 e. The molecule has 1 aromatic carbocycles. The molecule has 0 atom stereocenters. The van der Waals surface area contributed by atoms with Crippen molar-refractivity contribution in [3.63, 3.8) is 0 Å². The maximum absolute atomic E-state index is 8.91. The first kappa shape index (κ1) is 13.2. The van der Waals surface area contributed by atoms with E-state index in [-0.39, 0.29) is 5.84 Å². The van der Waals surface area contributed by atoms with Crippen LogP contribution in [0.4, 0.5) is 5.69 Å². The van der Waals surface area contributed by atoms with Crippen LogP contribution >= 0.6 is 15.9 Å². The van der Waals surface area contributed by atoms with Crippen LogP contribution < -0.4 is 10.6 Å². The Bertz CT molecular complexity index is 458. The lowest BCUT2D eigenvalue weighted by Gasteiger charge is -2.26. The molecule has 98 valence electrons. The summed E-state index contributed by atoms with van der Waals surface area (Å²) in [7, 11) is 0. The molecule has 5 heteroatoms. The Hall–Kier alpha value is -1.23. The molecule has 0 unspecified atom stereocenters. The molecular weight excluding hydrogens is 294 g/mol. The van der Waals surface area contributed by atoms with Gasteiger partial charge in [0.1, 0.15) is 0 Å². The highest BCUT2D eigenvalue weighted by Crippen LogP contribution is 2.34. The van der Waals surface area contributed by atoms with Crippen LogP contribution in [0.15, 0.2) is 27.8 Å². The van der Waals surface area contributed by atoms with Gasteiger partial charge in [-0.15, -0.1) is 0 Å². The minimum absolute atomic E-state index is 0.145. The molecule has 0 heterocycles. The molecule has 1 saturated carbocycles. The van der Waals surface area contributed by atoms with Crippen LogP contribution in [0.3, 0.4) is 0 Å². The lowest BCUT2D eigenvalue weighted by Crippen LogP contribution is -2.28. The van der Waals surface area contributed by atoms with E-state index in [9.17, 15) is 0 Å². The third-order valence-electron chi connectivity index (χ3n) is 3.25. The number of rotatable bonds is 5. The highest BCUT2D eigenvalue weighted by atomic mass is 79.9. The maximum atomic E-state index is 8.91. The van der Waals surface area contributed by atoms with Crippen LogP contribution in [0.25, 0.3) is 0 Å². The molecule has 0 amide bonds. The molecular formula is C13H18BrN3O. The molecule has 2 rings (SSSR count). The molecule has 0 aromatic heterocycles. The number of amidine groups is 1. The zero-order valence-corrected chi connectivity index (χ0v) is 12.0. The fourth-order valence-corrected chi connectivity index (χ4v) is 2.65. The van der Waals surface area contributed by atoms with Crippen LogP contribution in [-0.2, 0) is 0 Å². The normalized spacial score (nSPS) is 15.8. The number of benzene rings is 1. The summed E-state index contributed by atoms with van der Waals surface area (Å²) < 4.78 is 0.851. The summed E-state index contributed by atoms with van der Waals surface area (Å²) in [6.07, 6.45) is 2.62. The molecule has 0 bridgehead atoms. The van der Waals surface area contributed by atoms with Gasteiger partial charge in [0.05, 0.1) is 5.56 Å². The van der Waals surface area contributed by atoms with E-state index in [0.717, 1.165) is 34.7 Å². The molecule has 0 saturated heterocycles. The number of hydrogen-bond acceptors (Lipinski definition) is 3. The van der Waals surface area contributed by atoms with E-state index in [1.165, 1.54) is 12.8 Å². The van der Waals surface area contributed by atoms with Crippen LogP contribution in [0.1, 0.15) is 25.3 Å². The number of hydrogen-bond donors (Lipinski definition) is 2. The van der Waals surface area contributed by atoms with Gasteiger partial charge in [-0.2, -0.15) is 0 Å². The van der Waals surface area contributed by atoms with Crippen molar-refractivity contribution < 1.29 is 5.21 Å². The second-order valence-corrected chi connectivity index (χ2v) is 5.46. The van der Waals surface area contributed by atoms with Crippen molar-refractivity contribution in [3.05, 3.63) is 28.2 Å². The summed E-state index contributed by atoms with van der Waals surface area (Å²) in [5.41, 5.74) is 7.57. The van der Waals surface area contributed by atoms with Crippen molar-refractivity contribution in [2.24, 2.45) is 16.8 Å². The molecule has 0 aliphatic heterocycles. The number of nitrogens with two attached hydrogens (primary N) is 1. The molecule has 1 aliphatic rings. The van der Waals surface area contributed by atoms with Crippen LogP contribution in [-0.4, -0.2) is 24.1 Å². The van der Waals surface area contributed by atoms with E-state index in [4.69, 9.17) is 10.9 Å². The monoisotopic (exact) mass is 311 g/mol. The number of nitrogens with zero attached hydrogens (tertiary/aromatic N) is 2. The molecule has 1 aliphatic carbocycles. The van der Waals surface area contributed by atoms with Gasteiger partial charge in [-0.25, -0.2) is 0 Å². The Labute approximate surface area is 116 Å². The summed E-state index contributed by atoms with van der Waals surface area (Å²) in [5.74, 6) is 0.941. The Morgan fingerprint density at radius 2 is 2.28 bits per heavy atom. The topological polar surface area (TPSA) is 61.8 Å². The van der Waals surface area contributed by atoms with Gasteiger partial charge in [-0.3, -0.25) is 0 Å². The van der Waals surface area contributed by atoms with Crippen molar-refractivity contribution in [2.75, 3.05) is 18.0 Å². The lowest BCUT2D eigenvalue weighted by molar-refractivity contribution is 0.318. The standard InChI is InChI=1S/C13H18BrN3O/c1-2-17(8-9-6-7-9)11-5-3-4-10(14)12(11)13(15)16-18/h3-5,9,18H,2,6-8H2,1H3,(H2,15,16). The van der Waals surface area contributed by atoms with Crippen LogP contribution in [0.5, 0.6) is 0 Å². The van der Waals surface area contributed by atoms with Gasteiger partial charge in [-0.05, 0) is 53.7 Å². The first-order valence-corrected chi connectivity index (χ1v) is 6.98. The van der Waals surface area contributed by atoms with E-state index < -0.39 is 0 Å². The average molecular weight is 312 g/mol. The Kier molecular flexibility index (Phi) is 4.11. The predicted molar refractivity (Wildman–Crippen MR) is 77.3 cm³/mol. The Balaban J connectivity index is 2.37. The SMILES string of the molecule is CCN(CC1CC1)c1cccc(Br)c1/C(N)=N/O. The Morgan fingerprint density at radius 3 is 2.83 bits per heavy atom. The van der Waals surface area contributed by atoms with E-state index in [2.05, 4.69) is 32.9 Å². The fraction of sp³-hybridized carbons (Fsp3) is 0.462. The van der Waals surface area contributed by atoms with Gasteiger partial charge in [0.15, 0.2) is 5.84 Å². The van der Waals surface area contributed by atoms with Gasteiger partial charge in [-0.1, -0.05) is 11.2 Å². The second-order valence-electron chi connectivity index (χ2n) is 4.60. The van der Waals surface area contributed by atoms with E-state index in [1.807, 2.05) is 18.2 Å². The zero-order chi connectivity index (χ0) is 13.1. The molecule has 0 spiro atoms. The molecule has 3 N–H and O–H groups in total. The molecule has 1 fully saturated rings. The smallest absolute Gasteiger partial charge is 0.173 e. The van der Waals surface area contributed by atoms with Gasteiger partial charge < -0.3 is 15.8 Å². The summed E-state index contributed by atoms with van der Waals surface area (Å²) >= 11 is 3.47. The predicted octanol–water partition coefficient (Wildman–Crippen LogP) is 2.78. The van der Waals surface area contributed by atoms with Crippen LogP contribution in [0.2, 0.25) is 0 Å². The fourth-order valence-electron chi connectivity index (χ4n) is 2.09. The average Bonchev–Trinajstić information content (AvgIpc) is 3.18. The summed E-state index contributed by atoms with van der Waals surface area (Å²) in [6, 6.07) is 5.90. The maximum Gasteiger partial charge on any atom is 0.173 e. The van der Waals surface area contributed by atoms with Gasteiger partial charge in [0, 0.05) is 23.2 Å². The highest BCUT2D eigenvalue weighted by Gasteiger charge is 2.25.